The summed E-state index contributed by atoms with van der Waals surface area (Å²) in [5.74, 6) is -0.165. The number of amides is 2. The minimum Gasteiger partial charge on any atom is -0.465 e. The molecule has 7 nitrogen and oxygen atoms in total. The van der Waals surface area contributed by atoms with E-state index in [1.54, 1.807) is 12.4 Å². The molecular formula is C17H16N4O3S. The van der Waals surface area contributed by atoms with Crippen LogP contribution in [-0.2, 0) is 24.2 Å². The lowest BCUT2D eigenvalue weighted by Gasteiger charge is -2.23. The zero-order valence-electron chi connectivity index (χ0n) is 13.4. The molecule has 2 N–H and O–H groups in total. The lowest BCUT2D eigenvalue weighted by Crippen LogP contribution is -2.34. The first-order valence-corrected chi connectivity index (χ1v) is 8.61. The van der Waals surface area contributed by atoms with E-state index in [1.165, 1.54) is 16.2 Å². The highest BCUT2D eigenvalue weighted by atomic mass is 32.1. The molecule has 2 amide bonds. The van der Waals surface area contributed by atoms with Gasteiger partial charge in [-0.1, -0.05) is 0 Å². The Balaban J connectivity index is 1.69. The second-order valence-electron chi connectivity index (χ2n) is 5.68. The van der Waals surface area contributed by atoms with Gasteiger partial charge in [0.2, 0.25) is 5.91 Å². The van der Waals surface area contributed by atoms with Gasteiger partial charge in [-0.3, -0.25) is 9.78 Å². The fourth-order valence-corrected chi connectivity index (χ4v) is 4.00. The summed E-state index contributed by atoms with van der Waals surface area (Å²) in [5, 5.41) is 21.9. The Hall–Kier alpha value is -2.92. The van der Waals surface area contributed by atoms with E-state index in [-0.39, 0.29) is 12.5 Å². The number of thiophene rings is 1. The van der Waals surface area contributed by atoms with Gasteiger partial charge in [-0.05, 0) is 36.1 Å². The van der Waals surface area contributed by atoms with Crippen LogP contribution in [0.2, 0.25) is 0 Å². The van der Waals surface area contributed by atoms with Crippen molar-refractivity contribution in [3.63, 3.8) is 0 Å². The number of hydrogen-bond donors (Lipinski definition) is 2. The van der Waals surface area contributed by atoms with Gasteiger partial charge in [0.15, 0.2) is 0 Å². The Morgan fingerprint density at radius 1 is 1.40 bits per heavy atom. The Labute approximate surface area is 148 Å². The van der Waals surface area contributed by atoms with Gasteiger partial charge >= 0.3 is 6.09 Å². The van der Waals surface area contributed by atoms with E-state index in [0.717, 1.165) is 16.0 Å². The van der Waals surface area contributed by atoms with Gasteiger partial charge in [0.1, 0.15) is 11.1 Å². The average molecular weight is 356 g/mol. The second kappa shape index (κ2) is 7.32. The molecule has 0 saturated heterocycles. The molecule has 0 atom stereocenters. The zero-order chi connectivity index (χ0) is 17.8. The summed E-state index contributed by atoms with van der Waals surface area (Å²) in [7, 11) is 0. The van der Waals surface area contributed by atoms with E-state index in [4.69, 9.17) is 5.11 Å². The molecule has 0 aromatic carbocycles. The van der Waals surface area contributed by atoms with Crippen LogP contribution in [0.3, 0.4) is 0 Å². The molecule has 3 heterocycles. The lowest BCUT2D eigenvalue weighted by molar-refractivity contribution is -0.116. The van der Waals surface area contributed by atoms with Gasteiger partial charge in [-0.25, -0.2) is 4.79 Å². The van der Waals surface area contributed by atoms with Crippen molar-refractivity contribution < 1.29 is 14.7 Å². The van der Waals surface area contributed by atoms with Crippen molar-refractivity contribution in [3.8, 4) is 6.07 Å². The molecule has 0 bridgehead atoms. The number of anilines is 1. The van der Waals surface area contributed by atoms with E-state index < -0.39 is 6.09 Å². The summed E-state index contributed by atoms with van der Waals surface area (Å²) in [6, 6.07) is 5.87. The number of nitriles is 1. The molecule has 1 aliphatic rings. The minimum absolute atomic E-state index is 0.165. The Kier molecular flexibility index (Phi) is 4.95. The van der Waals surface area contributed by atoms with E-state index in [1.807, 2.05) is 12.1 Å². The smallest absolute Gasteiger partial charge is 0.407 e. The van der Waals surface area contributed by atoms with Crippen molar-refractivity contribution in [2.75, 3.05) is 11.9 Å². The van der Waals surface area contributed by atoms with Crippen LogP contribution in [0.15, 0.2) is 24.5 Å². The number of carbonyl (C=O) groups excluding carboxylic acids is 1. The number of pyridine rings is 1. The number of fused-ring (bicyclic) bond motifs is 1. The van der Waals surface area contributed by atoms with E-state index >= 15 is 0 Å². The third-order valence-corrected chi connectivity index (χ3v) is 5.21. The zero-order valence-corrected chi connectivity index (χ0v) is 14.2. The minimum atomic E-state index is -0.972. The SMILES string of the molecule is N#Cc1c(NC(=O)CCc2ccncc2)sc2c1CCN(C(=O)O)C2. The van der Waals surface area contributed by atoms with Crippen LogP contribution in [0.5, 0.6) is 0 Å². The molecule has 25 heavy (non-hydrogen) atoms. The van der Waals surface area contributed by atoms with Gasteiger partial charge in [-0.2, -0.15) is 5.26 Å². The second-order valence-corrected chi connectivity index (χ2v) is 6.78. The van der Waals surface area contributed by atoms with E-state index in [9.17, 15) is 14.9 Å². The van der Waals surface area contributed by atoms with Crippen LogP contribution in [-0.4, -0.2) is 33.5 Å². The summed E-state index contributed by atoms with van der Waals surface area (Å²) in [5.41, 5.74) is 2.34. The predicted octanol–water partition coefficient (Wildman–Crippen LogP) is 2.62. The fraction of sp³-hybridized carbons (Fsp3) is 0.294. The number of aryl methyl sites for hydroxylation is 1. The first kappa shape index (κ1) is 16.9. The third kappa shape index (κ3) is 3.78. The average Bonchev–Trinajstić information content (AvgIpc) is 2.96. The number of nitrogens with one attached hydrogen (secondary N) is 1. The molecule has 0 unspecified atom stereocenters. The van der Waals surface area contributed by atoms with Crippen LogP contribution in [0.1, 0.15) is 28.0 Å². The summed E-state index contributed by atoms with van der Waals surface area (Å²) in [6.45, 7) is 0.625. The first-order chi connectivity index (χ1) is 12.1. The first-order valence-electron chi connectivity index (χ1n) is 7.79. The maximum atomic E-state index is 12.2. The molecule has 0 spiro atoms. The fourth-order valence-electron chi connectivity index (χ4n) is 2.77. The molecule has 0 fully saturated rings. The molecule has 2 aromatic heterocycles. The lowest BCUT2D eigenvalue weighted by atomic mass is 10.0. The Bertz CT molecular complexity index is 842. The molecule has 0 saturated carbocycles. The van der Waals surface area contributed by atoms with Crippen molar-refractivity contribution >= 4 is 28.3 Å². The highest BCUT2D eigenvalue weighted by Gasteiger charge is 2.27. The van der Waals surface area contributed by atoms with Gasteiger partial charge in [-0.15, -0.1) is 11.3 Å². The summed E-state index contributed by atoms with van der Waals surface area (Å²) >= 11 is 1.29. The third-order valence-electron chi connectivity index (χ3n) is 4.08. The normalized spacial score (nSPS) is 13.0. The standard InChI is InChI=1S/C17H16N4O3S/c18-9-13-12-5-8-21(17(23)24)10-14(12)25-16(13)20-15(22)2-1-11-3-6-19-7-4-11/h3-4,6-7H,1-2,5,8,10H2,(H,20,22)(H,23,24). The van der Waals surface area contributed by atoms with E-state index in [0.29, 0.717) is 36.4 Å². The van der Waals surface area contributed by atoms with Crippen molar-refractivity contribution in [2.24, 2.45) is 0 Å². The van der Waals surface area contributed by atoms with Crippen molar-refractivity contribution in [2.45, 2.75) is 25.8 Å². The molecule has 0 aliphatic carbocycles. The summed E-state index contributed by atoms with van der Waals surface area (Å²) in [6.07, 6.45) is 3.78. The highest BCUT2D eigenvalue weighted by Crippen LogP contribution is 2.36. The number of rotatable bonds is 4. The number of carboxylic acid groups (broad SMARTS) is 1. The number of hydrogen-bond acceptors (Lipinski definition) is 5. The Morgan fingerprint density at radius 3 is 2.84 bits per heavy atom. The van der Waals surface area contributed by atoms with Crippen LogP contribution in [0, 0.1) is 11.3 Å². The molecule has 3 rings (SSSR count). The van der Waals surface area contributed by atoms with Crippen molar-refractivity contribution in [3.05, 3.63) is 46.1 Å². The summed E-state index contributed by atoms with van der Waals surface area (Å²) < 4.78 is 0. The maximum absolute atomic E-state index is 12.2. The van der Waals surface area contributed by atoms with Crippen LogP contribution >= 0.6 is 11.3 Å². The van der Waals surface area contributed by atoms with Crippen molar-refractivity contribution in [1.29, 1.82) is 5.26 Å². The van der Waals surface area contributed by atoms with Crippen molar-refractivity contribution in [1.82, 2.24) is 9.88 Å². The van der Waals surface area contributed by atoms with Crippen LogP contribution in [0.25, 0.3) is 0 Å². The molecule has 8 heteroatoms. The highest BCUT2D eigenvalue weighted by molar-refractivity contribution is 7.16. The molecule has 1 aliphatic heterocycles. The predicted molar refractivity (Wildman–Crippen MR) is 92.4 cm³/mol. The Morgan fingerprint density at radius 2 is 2.16 bits per heavy atom. The topological polar surface area (TPSA) is 106 Å². The summed E-state index contributed by atoms with van der Waals surface area (Å²) in [4.78, 5) is 29.4. The van der Waals surface area contributed by atoms with Crippen LogP contribution in [0.4, 0.5) is 9.80 Å². The number of carbonyl (C=O) groups is 2. The number of aromatic nitrogens is 1. The molecule has 2 aromatic rings. The molecule has 128 valence electrons. The largest absolute Gasteiger partial charge is 0.465 e. The molecular weight excluding hydrogens is 340 g/mol. The quantitative estimate of drug-likeness (QED) is 0.876. The number of nitrogens with zero attached hydrogens (tertiary/aromatic N) is 3. The van der Waals surface area contributed by atoms with Gasteiger partial charge in [0.05, 0.1) is 12.1 Å². The monoisotopic (exact) mass is 356 g/mol. The van der Waals surface area contributed by atoms with Crippen LogP contribution < -0.4 is 5.32 Å². The van der Waals surface area contributed by atoms with Gasteiger partial charge in [0.25, 0.3) is 0 Å². The maximum Gasteiger partial charge on any atom is 0.407 e. The van der Waals surface area contributed by atoms with E-state index in [2.05, 4.69) is 16.4 Å². The van der Waals surface area contributed by atoms with Gasteiger partial charge < -0.3 is 15.3 Å². The molecule has 0 radical (unpaired) electrons. The van der Waals surface area contributed by atoms with Gasteiger partial charge in [0, 0.05) is 30.2 Å².